The second-order valence-corrected chi connectivity index (χ2v) is 6.29. The van der Waals surface area contributed by atoms with Crippen LogP contribution in [0, 0.1) is 0 Å². The molecule has 0 atom stereocenters. The van der Waals surface area contributed by atoms with E-state index in [9.17, 15) is 9.59 Å². The van der Waals surface area contributed by atoms with Crippen LogP contribution in [0.5, 0.6) is 0 Å². The van der Waals surface area contributed by atoms with E-state index < -0.39 is 0 Å². The zero-order chi connectivity index (χ0) is 19.5. The predicted octanol–water partition coefficient (Wildman–Crippen LogP) is 3.98. The van der Waals surface area contributed by atoms with Gasteiger partial charge >= 0.3 is 0 Å². The molecule has 0 aliphatic heterocycles. The summed E-state index contributed by atoms with van der Waals surface area (Å²) in [6, 6.07) is 18.4. The molecule has 0 bridgehead atoms. The average molecular weight is 370 g/mol. The number of rotatable bonds is 5. The maximum absolute atomic E-state index is 12.8. The predicted molar refractivity (Wildman–Crippen MR) is 107 cm³/mol. The number of amides is 1. The van der Waals surface area contributed by atoms with Crippen molar-refractivity contribution in [1.29, 1.82) is 0 Å². The van der Waals surface area contributed by atoms with Crippen molar-refractivity contribution < 1.29 is 9.59 Å². The molecule has 1 N–H and O–H groups in total. The van der Waals surface area contributed by atoms with E-state index in [0.29, 0.717) is 23.3 Å². The Kier molecular flexibility index (Phi) is 4.68. The van der Waals surface area contributed by atoms with Crippen molar-refractivity contribution in [3.8, 4) is 11.3 Å². The van der Waals surface area contributed by atoms with Crippen molar-refractivity contribution in [1.82, 2.24) is 14.4 Å². The molecule has 0 radical (unpaired) electrons. The highest BCUT2D eigenvalue weighted by atomic mass is 16.1. The van der Waals surface area contributed by atoms with Gasteiger partial charge in [0.05, 0.1) is 5.69 Å². The summed E-state index contributed by atoms with van der Waals surface area (Å²) < 4.78 is 1.79. The third-order valence-electron chi connectivity index (χ3n) is 4.45. The lowest BCUT2D eigenvalue weighted by molar-refractivity contribution is -0.115. The molecule has 0 fully saturated rings. The van der Waals surface area contributed by atoms with Gasteiger partial charge in [0, 0.05) is 29.4 Å². The summed E-state index contributed by atoms with van der Waals surface area (Å²) in [6.07, 6.45) is 3.67. The van der Waals surface area contributed by atoms with Gasteiger partial charge in [-0.3, -0.25) is 14.0 Å². The number of hydrogen-bond acceptors (Lipinski definition) is 4. The fourth-order valence-corrected chi connectivity index (χ4v) is 3.03. The molecular weight excluding hydrogens is 352 g/mol. The molecule has 138 valence electrons. The summed E-state index contributed by atoms with van der Waals surface area (Å²) >= 11 is 0. The number of imidazole rings is 1. The third-order valence-corrected chi connectivity index (χ3v) is 4.45. The zero-order valence-electron chi connectivity index (χ0n) is 15.3. The molecule has 0 aliphatic carbocycles. The maximum atomic E-state index is 12.8. The molecule has 0 saturated carbocycles. The Labute approximate surface area is 161 Å². The quantitative estimate of drug-likeness (QED) is 0.539. The molecule has 4 aromatic rings. The van der Waals surface area contributed by atoms with Crippen molar-refractivity contribution in [3.63, 3.8) is 0 Å². The lowest BCUT2D eigenvalue weighted by Crippen LogP contribution is -2.09. The van der Waals surface area contributed by atoms with Crippen LogP contribution in [-0.4, -0.2) is 26.1 Å². The van der Waals surface area contributed by atoms with E-state index in [1.165, 1.54) is 0 Å². The highest BCUT2D eigenvalue weighted by Crippen LogP contribution is 2.25. The van der Waals surface area contributed by atoms with Crippen LogP contribution in [0.25, 0.3) is 16.9 Å². The first-order valence-electron chi connectivity index (χ1n) is 8.99. The van der Waals surface area contributed by atoms with E-state index >= 15 is 0 Å². The van der Waals surface area contributed by atoms with Crippen LogP contribution < -0.4 is 5.32 Å². The summed E-state index contributed by atoms with van der Waals surface area (Å²) in [7, 11) is 0. The Morgan fingerprint density at radius 1 is 1.00 bits per heavy atom. The Balaban J connectivity index is 1.76. The lowest BCUT2D eigenvalue weighted by Gasteiger charge is -2.09. The number of nitrogens with one attached hydrogen (secondary N) is 1. The van der Waals surface area contributed by atoms with Gasteiger partial charge in [0.2, 0.25) is 11.7 Å². The zero-order valence-corrected chi connectivity index (χ0v) is 15.3. The summed E-state index contributed by atoms with van der Waals surface area (Å²) in [5.41, 5.74) is 3.81. The number of carbonyl (C=O) groups excluding carboxylic acids is 2. The summed E-state index contributed by atoms with van der Waals surface area (Å²) in [6.45, 7) is 1.81. The lowest BCUT2D eigenvalue weighted by atomic mass is 10.1. The molecule has 28 heavy (non-hydrogen) atoms. The molecule has 2 aromatic heterocycles. The smallest absolute Gasteiger partial charge is 0.224 e. The average Bonchev–Trinajstić information content (AvgIpc) is 3.18. The van der Waals surface area contributed by atoms with Crippen molar-refractivity contribution in [2.75, 3.05) is 5.32 Å². The van der Waals surface area contributed by atoms with Crippen LogP contribution in [0.15, 0.2) is 73.2 Å². The Hall–Kier alpha value is -3.80. The van der Waals surface area contributed by atoms with Crippen molar-refractivity contribution >= 4 is 23.0 Å². The summed E-state index contributed by atoms with van der Waals surface area (Å²) in [5, 5.41) is 2.86. The first kappa shape index (κ1) is 17.6. The van der Waals surface area contributed by atoms with Gasteiger partial charge in [-0.05, 0) is 18.2 Å². The molecule has 2 heterocycles. The highest BCUT2D eigenvalue weighted by Gasteiger charge is 2.18. The molecule has 4 rings (SSSR count). The number of fused-ring (bicyclic) bond motifs is 1. The first-order valence-corrected chi connectivity index (χ1v) is 8.99. The van der Waals surface area contributed by atoms with E-state index in [2.05, 4.69) is 15.3 Å². The number of anilines is 1. The van der Waals surface area contributed by atoms with Gasteiger partial charge in [0.25, 0.3) is 0 Å². The fraction of sp³-hybridized carbons (Fsp3) is 0.0909. The van der Waals surface area contributed by atoms with Crippen LogP contribution in [0.4, 0.5) is 5.69 Å². The Morgan fingerprint density at radius 3 is 2.61 bits per heavy atom. The topological polar surface area (TPSA) is 76.4 Å². The largest absolute Gasteiger partial charge is 0.326 e. The number of nitrogens with zero attached hydrogens (tertiary/aromatic N) is 3. The minimum absolute atomic E-state index is 0.0459. The normalized spacial score (nSPS) is 10.8. The first-order chi connectivity index (χ1) is 13.7. The monoisotopic (exact) mass is 370 g/mol. The molecule has 0 saturated heterocycles. The highest BCUT2D eigenvalue weighted by molar-refractivity contribution is 6.11. The van der Waals surface area contributed by atoms with Crippen molar-refractivity contribution in [3.05, 3.63) is 84.4 Å². The van der Waals surface area contributed by atoms with E-state index in [1.54, 1.807) is 29.1 Å². The van der Waals surface area contributed by atoms with E-state index in [1.807, 2.05) is 55.5 Å². The molecule has 1 amide bonds. The summed E-state index contributed by atoms with van der Waals surface area (Å²) in [5.74, 6) is -0.216. The second kappa shape index (κ2) is 7.44. The Morgan fingerprint density at radius 2 is 1.82 bits per heavy atom. The van der Waals surface area contributed by atoms with E-state index in [0.717, 1.165) is 16.9 Å². The number of ketones is 1. The molecule has 6 nitrogen and oxygen atoms in total. The van der Waals surface area contributed by atoms with E-state index in [4.69, 9.17) is 0 Å². The molecule has 2 aromatic carbocycles. The fourth-order valence-electron chi connectivity index (χ4n) is 3.03. The van der Waals surface area contributed by atoms with Gasteiger partial charge < -0.3 is 5.32 Å². The molecule has 0 spiro atoms. The minimum atomic E-state index is -0.170. The number of carbonyl (C=O) groups is 2. The minimum Gasteiger partial charge on any atom is -0.326 e. The van der Waals surface area contributed by atoms with Gasteiger partial charge in [0.1, 0.15) is 6.33 Å². The second-order valence-electron chi connectivity index (χ2n) is 6.29. The van der Waals surface area contributed by atoms with Crippen LogP contribution >= 0.6 is 0 Å². The van der Waals surface area contributed by atoms with E-state index in [-0.39, 0.29) is 11.7 Å². The van der Waals surface area contributed by atoms with Gasteiger partial charge in [0.15, 0.2) is 11.3 Å². The maximum Gasteiger partial charge on any atom is 0.224 e. The van der Waals surface area contributed by atoms with Crippen LogP contribution in [0.3, 0.4) is 0 Å². The molecule has 6 heteroatoms. The van der Waals surface area contributed by atoms with Gasteiger partial charge in [-0.25, -0.2) is 9.97 Å². The third kappa shape index (κ3) is 3.27. The molecule has 0 aliphatic rings. The van der Waals surface area contributed by atoms with Crippen LogP contribution in [0.1, 0.15) is 29.4 Å². The van der Waals surface area contributed by atoms with Gasteiger partial charge in [-0.15, -0.1) is 0 Å². The Bertz CT molecular complexity index is 1170. The number of benzene rings is 2. The molecule has 0 unspecified atom stereocenters. The van der Waals surface area contributed by atoms with Gasteiger partial charge in [-0.1, -0.05) is 49.4 Å². The van der Waals surface area contributed by atoms with Crippen LogP contribution in [-0.2, 0) is 4.79 Å². The van der Waals surface area contributed by atoms with Gasteiger partial charge in [-0.2, -0.15) is 0 Å². The number of aromatic nitrogens is 3. The SMILES string of the molecule is CCC(=O)Nc1cccc(-c2ccnc3c(C(=O)c4ccccc4)ncn23)c1. The van der Waals surface area contributed by atoms with Crippen molar-refractivity contribution in [2.45, 2.75) is 13.3 Å². The van der Waals surface area contributed by atoms with Crippen LogP contribution in [0.2, 0.25) is 0 Å². The molecular formula is C22H18N4O2. The number of hydrogen-bond donors (Lipinski definition) is 1. The standard InChI is InChI=1S/C22H18N4O2/c1-2-19(27)25-17-10-6-9-16(13-17)18-11-12-23-22-20(24-14-26(18)22)21(28)15-7-4-3-5-8-15/h3-14H,2H2,1H3,(H,25,27). The van der Waals surface area contributed by atoms with Crippen molar-refractivity contribution in [2.24, 2.45) is 0 Å². The summed E-state index contributed by atoms with van der Waals surface area (Å²) in [4.78, 5) is 33.2.